The van der Waals surface area contributed by atoms with E-state index in [1.807, 2.05) is 38.1 Å². The molecule has 0 radical (unpaired) electrons. The van der Waals surface area contributed by atoms with Crippen LogP contribution in [0.15, 0.2) is 40.0 Å². The van der Waals surface area contributed by atoms with E-state index in [0.29, 0.717) is 46.6 Å². The van der Waals surface area contributed by atoms with Crippen LogP contribution >= 0.6 is 23.4 Å². The molecule has 1 aromatic heterocycles. The summed E-state index contributed by atoms with van der Waals surface area (Å²) in [4.78, 5) is 0. The number of nitrogens with zero attached hydrogens (tertiary/aromatic N) is 2. The van der Waals surface area contributed by atoms with E-state index in [0.717, 1.165) is 11.1 Å². The Morgan fingerprint density at radius 2 is 1.77 bits per heavy atom. The zero-order chi connectivity index (χ0) is 18.1. The molecule has 5 nitrogen and oxygen atoms in total. The van der Waals surface area contributed by atoms with Gasteiger partial charge in [-0.2, -0.15) is 0 Å². The molecule has 0 N–H and O–H groups in total. The van der Waals surface area contributed by atoms with Gasteiger partial charge in [0.2, 0.25) is 5.89 Å². The van der Waals surface area contributed by atoms with Gasteiger partial charge < -0.3 is 13.9 Å². The predicted octanol–water partition coefficient (Wildman–Crippen LogP) is 5.07. The minimum atomic E-state index is 0.518. The number of aryl methyl sites for hydroxylation is 2. The van der Waals surface area contributed by atoms with Crippen molar-refractivity contribution >= 4 is 23.4 Å². The Balaban J connectivity index is 1.49. The van der Waals surface area contributed by atoms with Crippen LogP contribution in [-0.4, -0.2) is 23.4 Å². The van der Waals surface area contributed by atoms with Gasteiger partial charge in [0.15, 0.2) is 11.5 Å². The molecule has 2 aromatic carbocycles. The van der Waals surface area contributed by atoms with Crippen LogP contribution in [-0.2, 0) is 5.75 Å². The standard InChI is InChI=1S/C19H17ClN2O3S/c1-11-5-12(2)7-14(6-11)18-21-22-19(25-18)26-10-13-8-15(20)17-16(9-13)23-3-4-24-17/h5-9H,3-4,10H2,1-2H3. The summed E-state index contributed by atoms with van der Waals surface area (Å²) in [6.07, 6.45) is 0. The van der Waals surface area contributed by atoms with Crippen molar-refractivity contribution in [2.75, 3.05) is 13.2 Å². The predicted molar refractivity (Wildman–Crippen MR) is 101 cm³/mol. The molecular formula is C19H17ClN2O3S. The Labute approximate surface area is 160 Å². The molecule has 3 aromatic rings. The third-order valence-corrected chi connectivity index (χ3v) is 5.06. The first-order valence-corrected chi connectivity index (χ1v) is 9.58. The average Bonchev–Trinajstić information content (AvgIpc) is 3.08. The summed E-state index contributed by atoms with van der Waals surface area (Å²) in [6, 6.07) is 10.0. The lowest BCUT2D eigenvalue weighted by atomic mass is 10.1. The Hall–Kier alpha value is -2.18. The Morgan fingerprint density at radius 3 is 2.58 bits per heavy atom. The van der Waals surface area contributed by atoms with Gasteiger partial charge in [-0.3, -0.25) is 0 Å². The van der Waals surface area contributed by atoms with Crippen molar-refractivity contribution in [3.63, 3.8) is 0 Å². The van der Waals surface area contributed by atoms with E-state index in [1.165, 1.54) is 22.9 Å². The van der Waals surface area contributed by atoms with Crippen molar-refractivity contribution in [3.05, 3.63) is 52.0 Å². The Morgan fingerprint density at radius 1 is 1.00 bits per heavy atom. The summed E-state index contributed by atoms with van der Waals surface area (Å²) in [5, 5.41) is 9.37. The van der Waals surface area contributed by atoms with E-state index in [2.05, 4.69) is 16.3 Å². The fraction of sp³-hybridized carbons (Fsp3) is 0.263. The second kappa shape index (κ2) is 7.21. The molecule has 0 fully saturated rings. The van der Waals surface area contributed by atoms with Gasteiger partial charge in [0.05, 0.1) is 5.02 Å². The van der Waals surface area contributed by atoms with E-state index in [4.69, 9.17) is 25.5 Å². The van der Waals surface area contributed by atoms with Crippen LogP contribution < -0.4 is 9.47 Å². The molecule has 0 saturated heterocycles. The molecular weight excluding hydrogens is 372 g/mol. The van der Waals surface area contributed by atoms with E-state index in [9.17, 15) is 0 Å². The highest BCUT2D eigenvalue weighted by molar-refractivity contribution is 7.98. The van der Waals surface area contributed by atoms with Gasteiger partial charge in [-0.05, 0) is 43.7 Å². The maximum absolute atomic E-state index is 6.28. The van der Waals surface area contributed by atoms with Gasteiger partial charge in [-0.1, -0.05) is 40.6 Å². The fourth-order valence-corrected chi connectivity index (χ4v) is 3.86. The normalized spacial score (nSPS) is 13.0. The number of rotatable bonds is 4. The molecule has 0 bridgehead atoms. The number of aromatic nitrogens is 2. The number of halogens is 1. The van der Waals surface area contributed by atoms with Gasteiger partial charge in [0.25, 0.3) is 5.22 Å². The third kappa shape index (κ3) is 3.66. The van der Waals surface area contributed by atoms with Crippen molar-refractivity contribution in [2.24, 2.45) is 0 Å². The SMILES string of the molecule is Cc1cc(C)cc(-c2nnc(SCc3cc(Cl)c4c(c3)OCCO4)o2)c1. The second-order valence-corrected chi connectivity index (χ2v) is 7.47. The summed E-state index contributed by atoms with van der Waals surface area (Å²) in [5.41, 5.74) is 4.27. The Bertz CT molecular complexity index is 938. The summed E-state index contributed by atoms with van der Waals surface area (Å²) in [6.45, 7) is 5.15. The number of benzene rings is 2. The molecule has 0 spiro atoms. The van der Waals surface area contributed by atoms with Crippen molar-refractivity contribution in [1.82, 2.24) is 10.2 Å². The highest BCUT2D eigenvalue weighted by atomic mass is 35.5. The molecule has 1 aliphatic rings. The summed E-state index contributed by atoms with van der Waals surface area (Å²) >= 11 is 7.74. The number of fused-ring (bicyclic) bond motifs is 1. The summed E-state index contributed by atoms with van der Waals surface area (Å²) in [5.74, 6) is 2.46. The third-order valence-electron chi connectivity index (χ3n) is 3.89. The summed E-state index contributed by atoms with van der Waals surface area (Å²) < 4.78 is 16.9. The monoisotopic (exact) mass is 388 g/mol. The van der Waals surface area contributed by atoms with E-state index in [-0.39, 0.29) is 0 Å². The van der Waals surface area contributed by atoms with E-state index < -0.39 is 0 Å². The average molecular weight is 389 g/mol. The number of hydrogen-bond acceptors (Lipinski definition) is 6. The maximum atomic E-state index is 6.28. The van der Waals surface area contributed by atoms with Crippen LogP contribution in [0.3, 0.4) is 0 Å². The first-order valence-electron chi connectivity index (χ1n) is 8.21. The van der Waals surface area contributed by atoms with E-state index >= 15 is 0 Å². The maximum Gasteiger partial charge on any atom is 0.277 e. The zero-order valence-corrected chi connectivity index (χ0v) is 16.0. The first kappa shape index (κ1) is 17.2. The molecule has 7 heteroatoms. The molecule has 0 aliphatic carbocycles. The molecule has 0 atom stereocenters. The van der Waals surface area contributed by atoms with Crippen LogP contribution in [0.5, 0.6) is 11.5 Å². The first-order chi connectivity index (χ1) is 12.6. The van der Waals surface area contributed by atoms with Crippen molar-refractivity contribution in [2.45, 2.75) is 24.8 Å². The molecule has 0 unspecified atom stereocenters. The number of hydrogen-bond donors (Lipinski definition) is 0. The molecule has 2 heterocycles. The topological polar surface area (TPSA) is 57.4 Å². The molecule has 0 amide bonds. The highest BCUT2D eigenvalue weighted by Gasteiger charge is 2.17. The van der Waals surface area contributed by atoms with Gasteiger partial charge in [-0.15, -0.1) is 10.2 Å². The summed E-state index contributed by atoms with van der Waals surface area (Å²) in [7, 11) is 0. The molecule has 134 valence electrons. The van der Waals surface area contributed by atoms with Gasteiger partial charge in [-0.25, -0.2) is 0 Å². The highest BCUT2D eigenvalue weighted by Crippen LogP contribution is 2.39. The smallest absolute Gasteiger partial charge is 0.277 e. The molecule has 0 saturated carbocycles. The lowest BCUT2D eigenvalue weighted by Crippen LogP contribution is -2.15. The van der Waals surface area contributed by atoms with Gasteiger partial charge in [0.1, 0.15) is 13.2 Å². The lowest BCUT2D eigenvalue weighted by Gasteiger charge is -2.20. The molecule has 26 heavy (non-hydrogen) atoms. The van der Waals surface area contributed by atoms with Crippen LogP contribution in [0, 0.1) is 13.8 Å². The lowest BCUT2D eigenvalue weighted by molar-refractivity contribution is 0.171. The van der Waals surface area contributed by atoms with E-state index in [1.54, 1.807) is 0 Å². The minimum absolute atomic E-state index is 0.518. The zero-order valence-electron chi connectivity index (χ0n) is 14.4. The largest absolute Gasteiger partial charge is 0.486 e. The van der Waals surface area contributed by atoms with Crippen molar-refractivity contribution < 1.29 is 13.9 Å². The fourth-order valence-electron chi connectivity index (χ4n) is 2.88. The van der Waals surface area contributed by atoms with Crippen LogP contribution in [0.25, 0.3) is 11.5 Å². The van der Waals surface area contributed by atoms with Crippen molar-refractivity contribution in [3.8, 4) is 23.0 Å². The second-order valence-electron chi connectivity index (χ2n) is 6.14. The number of thioether (sulfide) groups is 1. The van der Waals surface area contributed by atoms with Crippen molar-refractivity contribution in [1.29, 1.82) is 0 Å². The molecule has 1 aliphatic heterocycles. The van der Waals surface area contributed by atoms with Crippen LogP contribution in [0.1, 0.15) is 16.7 Å². The molecule has 4 rings (SSSR count). The number of ether oxygens (including phenoxy) is 2. The van der Waals surface area contributed by atoms with Gasteiger partial charge >= 0.3 is 0 Å². The quantitative estimate of drug-likeness (QED) is 0.581. The van der Waals surface area contributed by atoms with Crippen LogP contribution in [0.2, 0.25) is 5.02 Å². The minimum Gasteiger partial charge on any atom is -0.486 e. The van der Waals surface area contributed by atoms with Gasteiger partial charge in [0, 0.05) is 11.3 Å². The van der Waals surface area contributed by atoms with Crippen LogP contribution in [0.4, 0.5) is 0 Å². The Kier molecular flexibility index (Phi) is 4.78.